The minimum Gasteiger partial charge on any atom is -0.486 e. The number of benzene rings is 1. The number of nitrogens with zero attached hydrogens (tertiary/aromatic N) is 3. The Morgan fingerprint density at radius 2 is 2.04 bits per heavy atom. The number of urea groups is 1. The Morgan fingerprint density at radius 1 is 1.19 bits per heavy atom. The summed E-state index contributed by atoms with van der Waals surface area (Å²) in [7, 11) is 0. The number of likely N-dealkylation sites (tertiary alicyclic amines) is 1. The topological polar surface area (TPSA) is 89.7 Å². The van der Waals surface area contributed by atoms with E-state index in [9.17, 15) is 4.79 Å². The van der Waals surface area contributed by atoms with Gasteiger partial charge >= 0.3 is 6.03 Å². The number of aromatic nitrogens is 2. The molecule has 0 radical (unpaired) electrons. The molecule has 142 valence electrons. The van der Waals surface area contributed by atoms with E-state index in [4.69, 9.17) is 14.0 Å². The van der Waals surface area contributed by atoms with E-state index in [1.807, 2.05) is 17.0 Å². The second-order valence-corrected chi connectivity index (χ2v) is 7.42. The van der Waals surface area contributed by atoms with Gasteiger partial charge in [-0.25, -0.2) is 4.79 Å². The zero-order valence-electron chi connectivity index (χ0n) is 15.0. The Morgan fingerprint density at radius 3 is 2.89 bits per heavy atom. The first-order valence-electron chi connectivity index (χ1n) is 9.52. The van der Waals surface area contributed by atoms with E-state index in [1.54, 1.807) is 6.07 Å². The highest BCUT2D eigenvalue weighted by Crippen LogP contribution is 2.39. The number of hydrogen-bond acceptors (Lipinski definition) is 6. The van der Waals surface area contributed by atoms with Gasteiger partial charge < -0.3 is 24.2 Å². The number of ether oxygens (including phenoxy) is 2. The minimum atomic E-state index is -0.0963. The monoisotopic (exact) mass is 370 g/mol. The van der Waals surface area contributed by atoms with Gasteiger partial charge in [0.15, 0.2) is 17.3 Å². The van der Waals surface area contributed by atoms with Crippen molar-refractivity contribution in [3.63, 3.8) is 0 Å². The van der Waals surface area contributed by atoms with Crippen LogP contribution < -0.4 is 14.8 Å². The SMILES string of the molecule is O=C(Nc1ccc2c(c1)OCCO2)N1CCC(Cc2noc(C3CC3)n2)C1. The van der Waals surface area contributed by atoms with Crippen molar-refractivity contribution < 1.29 is 18.8 Å². The van der Waals surface area contributed by atoms with Gasteiger partial charge in [0.2, 0.25) is 5.89 Å². The van der Waals surface area contributed by atoms with Crippen LogP contribution in [0.25, 0.3) is 0 Å². The highest BCUT2D eigenvalue weighted by atomic mass is 16.6. The van der Waals surface area contributed by atoms with Gasteiger partial charge in [0, 0.05) is 37.2 Å². The largest absolute Gasteiger partial charge is 0.486 e. The van der Waals surface area contributed by atoms with Gasteiger partial charge in [-0.3, -0.25) is 0 Å². The van der Waals surface area contributed by atoms with Crippen molar-refractivity contribution in [1.29, 1.82) is 0 Å². The van der Waals surface area contributed by atoms with Crippen LogP contribution in [0, 0.1) is 5.92 Å². The number of rotatable bonds is 4. The van der Waals surface area contributed by atoms with Gasteiger partial charge in [-0.2, -0.15) is 4.98 Å². The zero-order chi connectivity index (χ0) is 18.2. The number of anilines is 1. The number of hydrogen-bond donors (Lipinski definition) is 1. The number of nitrogens with one attached hydrogen (secondary N) is 1. The van der Waals surface area contributed by atoms with Crippen LogP contribution in [0.1, 0.15) is 36.9 Å². The first-order valence-corrected chi connectivity index (χ1v) is 9.52. The van der Waals surface area contributed by atoms with E-state index in [2.05, 4.69) is 15.5 Å². The maximum Gasteiger partial charge on any atom is 0.321 e. The number of carbonyl (C=O) groups excluding carboxylic acids is 1. The highest BCUT2D eigenvalue weighted by molar-refractivity contribution is 5.90. The molecule has 8 heteroatoms. The lowest BCUT2D eigenvalue weighted by molar-refractivity contribution is 0.171. The molecule has 0 bridgehead atoms. The van der Waals surface area contributed by atoms with Gasteiger partial charge in [-0.1, -0.05) is 5.16 Å². The standard InChI is InChI=1S/C19H22N4O4/c24-19(20-14-3-4-15-16(10-14)26-8-7-25-15)23-6-5-12(11-23)9-17-21-18(27-22-17)13-1-2-13/h3-4,10,12-13H,1-2,5-9,11H2,(H,20,24). The van der Waals surface area contributed by atoms with E-state index in [-0.39, 0.29) is 6.03 Å². The average Bonchev–Trinajstić information content (AvgIpc) is 3.25. The first kappa shape index (κ1) is 16.4. The van der Waals surface area contributed by atoms with Crippen molar-refractivity contribution in [1.82, 2.24) is 15.0 Å². The summed E-state index contributed by atoms with van der Waals surface area (Å²) in [4.78, 5) is 18.9. The fourth-order valence-electron chi connectivity index (χ4n) is 3.61. The van der Waals surface area contributed by atoms with Crippen molar-refractivity contribution in [2.45, 2.75) is 31.6 Å². The molecule has 5 rings (SSSR count). The van der Waals surface area contributed by atoms with Crippen LogP contribution in [-0.2, 0) is 6.42 Å². The van der Waals surface area contributed by atoms with Crippen molar-refractivity contribution in [3.05, 3.63) is 29.9 Å². The number of carbonyl (C=O) groups is 1. The summed E-state index contributed by atoms with van der Waals surface area (Å²) in [5, 5.41) is 7.04. The molecule has 0 spiro atoms. The Balaban J connectivity index is 1.16. The molecule has 1 saturated heterocycles. The maximum absolute atomic E-state index is 12.6. The normalized spacial score (nSPS) is 21.3. The third-order valence-electron chi connectivity index (χ3n) is 5.25. The van der Waals surface area contributed by atoms with Gasteiger partial charge in [0.25, 0.3) is 0 Å². The van der Waals surface area contributed by atoms with Crippen molar-refractivity contribution in [3.8, 4) is 11.5 Å². The molecular formula is C19H22N4O4. The van der Waals surface area contributed by atoms with Crippen LogP contribution in [0.2, 0.25) is 0 Å². The summed E-state index contributed by atoms with van der Waals surface area (Å²) >= 11 is 0. The van der Waals surface area contributed by atoms with Gasteiger partial charge in [-0.15, -0.1) is 0 Å². The van der Waals surface area contributed by atoms with Crippen LogP contribution in [0.15, 0.2) is 22.7 Å². The van der Waals surface area contributed by atoms with Crippen LogP contribution in [0.5, 0.6) is 11.5 Å². The Hall–Kier alpha value is -2.77. The average molecular weight is 370 g/mol. The highest BCUT2D eigenvalue weighted by Gasteiger charge is 2.31. The molecule has 3 heterocycles. The molecule has 27 heavy (non-hydrogen) atoms. The summed E-state index contributed by atoms with van der Waals surface area (Å²) in [5.41, 5.74) is 0.708. The molecule has 1 aliphatic carbocycles. The smallest absolute Gasteiger partial charge is 0.321 e. The molecule has 2 aromatic rings. The zero-order valence-corrected chi connectivity index (χ0v) is 15.0. The van der Waals surface area contributed by atoms with E-state index in [0.717, 1.165) is 43.9 Å². The molecule has 8 nitrogen and oxygen atoms in total. The number of fused-ring (bicyclic) bond motifs is 1. The fraction of sp³-hybridized carbons (Fsp3) is 0.526. The molecule has 1 aromatic carbocycles. The van der Waals surface area contributed by atoms with Crippen LogP contribution in [0.3, 0.4) is 0 Å². The molecule has 2 fully saturated rings. The molecule has 2 amide bonds. The maximum atomic E-state index is 12.6. The summed E-state index contributed by atoms with van der Waals surface area (Å²) in [6.07, 6.45) is 4.00. The summed E-state index contributed by atoms with van der Waals surface area (Å²) in [5.74, 6) is 3.75. The predicted molar refractivity (Wildman–Crippen MR) is 96.1 cm³/mol. The van der Waals surface area contributed by atoms with E-state index < -0.39 is 0 Å². The van der Waals surface area contributed by atoms with Crippen LogP contribution >= 0.6 is 0 Å². The summed E-state index contributed by atoms with van der Waals surface area (Å²) in [6, 6.07) is 5.36. The lowest BCUT2D eigenvalue weighted by atomic mass is 10.1. The predicted octanol–water partition coefficient (Wildman–Crippen LogP) is 2.81. The van der Waals surface area contributed by atoms with Gasteiger partial charge in [0.1, 0.15) is 13.2 Å². The van der Waals surface area contributed by atoms with Gasteiger partial charge in [0.05, 0.1) is 0 Å². The molecule has 3 aliphatic rings. The Labute approximate surface area is 156 Å². The van der Waals surface area contributed by atoms with E-state index >= 15 is 0 Å². The molecule has 2 aliphatic heterocycles. The quantitative estimate of drug-likeness (QED) is 0.890. The third kappa shape index (κ3) is 3.56. The van der Waals surface area contributed by atoms with Crippen molar-refractivity contribution >= 4 is 11.7 Å². The first-order chi connectivity index (χ1) is 13.2. The lowest BCUT2D eigenvalue weighted by Gasteiger charge is -2.20. The van der Waals surface area contributed by atoms with Crippen LogP contribution in [-0.4, -0.2) is 47.4 Å². The molecule has 1 atom stereocenters. The Kier molecular flexibility index (Phi) is 4.10. The summed E-state index contributed by atoms with van der Waals surface area (Å²) < 4.78 is 16.4. The fourth-order valence-corrected chi connectivity index (χ4v) is 3.61. The summed E-state index contributed by atoms with van der Waals surface area (Å²) in [6.45, 7) is 2.51. The van der Waals surface area contributed by atoms with Gasteiger partial charge in [-0.05, 0) is 37.3 Å². The van der Waals surface area contributed by atoms with Crippen molar-refractivity contribution in [2.75, 3.05) is 31.6 Å². The minimum absolute atomic E-state index is 0.0963. The second-order valence-electron chi connectivity index (χ2n) is 7.42. The lowest BCUT2D eigenvalue weighted by Crippen LogP contribution is -2.33. The molecule has 1 saturated carbocycles. The Bertz CT molecular complexity index is 848. The molecule has 1 unspecified atom stereocenters. The molecule has 1 aromatic heterocycles. The molecule has 1 N–H and O–H groups in total. The van der Waals surface area contributed by atoms with Crippen molar-refractivity contribution in [2.24, 2.45) is 5.92 Å². The van der Waals surface area contributed by atoms with E-state index in [1.165, 1.54) is 0 Å². The molecular weight excluding hydrogens is 348 g/mol. The third-order valence-corrected chi connectivity index (χ3v) is 5.25. The number of amides is 2. The van der Waals surface area contributed by atoms with Crippen LogP contribution in [0.4, 0.5) is 10.5 Å². The van der Waals surface area contributed by atoms with E-state index in [0.29, 0.717) is 48.8 Å². The second kappa shape index (κ2) is 6.75.